The van der Waals surface area contributed by atoms with Gasteiger partial charge < -0.3 is 4.74 Å². The van der Waals surface area contributed by atoms with Gasteiger partial charge in [0.05, 0.1) is 10.0 Å². The van der Waals surface area contributed by atoms with Gasteiger partial charge in [0.2, 0.25) is 0 Å². The van der Waals surface area contributed by atoms with Crippen LogP contribution in [-0.4, -0.2) is 5.24 Å². The van der Waals surface area contributed by atoms with Gasteiger partial charge in [-0.1, -0.05) is 29.3 Å². The summed E-state index contributed by atoms with van der Waals surface area (Å²) in [6.07, 6.45) is 0. The molecule has 2 aromatic carbocycles. The highest BCUT2D eigenvalue weighted by atomic mass is 35.5. The van der Waals surface area contributed by atoms with Crippen molar-refractivity contribution in [3.63, 3.8) is 0 Å². The van der Waals surface area contributed by atoms with Gasteiger partial charge in [-0.15, -0.1) is 0 Å². The van der Waals surface area contributed by atoms with Gasteiger partial charge in [-0.05, 0) is 53.6 Å². The van der Waals surface area contributed by atoms with Gasteiger partial charge in [0.15, 0.2) is 0 Å². The van der Waals surface area contributed by atoms with Crippen molar-refractivity contribution in [1.29, 1.82) is 0 Å². The summed E-state index contributed by atoms with van der Waals surface area (Å²) in [6, 6.07) is 11.9. The van der Waals surface area contributed by atoms with Crippen LogP contribution in [0.15, 0.2) is 42.5 Å². The molecule has 0 bridgehead atoms. The molecule has 2 nitrogen and oxygen atoms in total. The summed E-state index contributed by atoms with van der Waals surface area (Å²) < 4.78 is 5.57. The van der Waals surface area contributed by atoms with Crippen LogP contribution in [0, 0.1) is 0 Å². The van der Waals surface area contributed by atoms with Gasteiger partial charge in [0, 0.05) is 5.56 Å². The number of ether oxygens (including phenoxy) is 1. The van der Waals surface area contributed by atoms with E-state index in [1.165, 1.54) is 0 Å². The van der Waals surface area contributed by atoms with E-state index in [4.69, 9.17) is 39.5 Å². The Bertz CT molecular complexity index is 594. The summed E-state index contributed by atoms with van der Waals surface area (Å²) in [5.41, 5.74) is 1.34. The molecule has 0 heterocycles. The molecular weight excluding hydrogens is 307 g/mol. The van der Waals surface area contributed by atoms with E-state index in [2.05, 4.69) is 0 Å². The second-order valence-electron chi connectivity index (χ2n) is 3.84. The van der Waals surface area contributed by atoms with Crippen molar-refractivity contribution < 1.29 is 9.53 Å². The van der Waals surface area contributed by atoms with Crippen molar-refractivity contribution in [3.05, 3.63) is 63.6 Å². The molecule has 98 valence electrons. The molecule has 0 unspecified atom stereocenters. The molecule has 0 aromatic heterocycles. The molecule has 2 rings (SSSR count). The highest BCUT2D eigenvalue weighted by Crippen LogP contribution is 2.23. The molecule has 0 saturated heterocycles. The number of carbonyl (C=O) groups is 1. The van der Waals surface area contributed by atoms with Crippen LogP contribution in [0.3, 0.4) is 0 Å². The maximum atomic E-state index is 10.9. The Balaban J connectivity index is 2.01. The average molecular weight is 316 g/mol. The predicted octanol–water partition coefficient (Wildman–Crippen LogP) is 4.95. The molecule has 0 aliphatic rings. The van der Waals surface area contributed by atoms with Gasteiger partial charge >= 0.3 is 0 Å². The van der Waals surface area contributed by atoms with E-state index in [-0.39, 0.29) is 0 Å². The lowest BCUT2D eigenvalue weighted by atomic mass is 10.2. The summed E-state index contributed by atoms with van der Waals surface area (Å²) in [5, 5.41) is 0.511. The number of carbonyl (C=O) groups excluding carboxylic acids is 1. The zero-order valence-corrected chi connectivity index (χ0v) is 12.0. The summed E-state index contributed by atoms with van der Waals surface area (Å²) in [7, 11) is 0. The Morgan fingerprint density at radius 2 is 1.68 bits per heavy atom. The third-order valence-corrected chi connectivity index (χ3v) is 3.43. The predicted molar refractivity (Wildman–Crippen MR) is 77.4 cm³/mol. The Labute approximate surface area is 125 Å². The van der Waals surface area contributed by atoms with E-state index in [0.29, 0.717) is 28.0 Å². The molecule has 0 N–H and O–H groups in total. The fourth-order valence-electron chi connectivity index (χ4n) is 1.48. The Hall–Kier alpha value is -1.22. The van der Waals surface area contributed by atoms with Crippen molar-refractivity contribution in [3.8, 4) is 5.75 Å². The fourth-order valence-corrected chi connectivity index (χ4v) is 1.92. The number of halogens is 3. The van der Waals surface area contributed by atoms with Crippen LogP contribution in [-0.2, 0) is 6.61 Å². The van der Waals surface area contributed by atoms with Crippen LogP contribution in [0.4, 0.5) is 0 Å². The molecule has 2 aromatic rings. The van der Waals surface area contributed by atoms with Crippen LogP contribution < -0.4 is 4.74 Å². The Morgan fingerprint density at radius 3 is 2.26 bits per heavy atom. The molecular formula is C14H9Cl3O2. The normalized spacial score (nSPS) is 10.3. The summed E-state index contributed by atoms with van der Waals surface area (Å²) >= 11 is 17.1. The van der Waals surface area contributed by atoms with Crippen LogP contribution in [0.5, 0.6) is 5.75 Å². The zero-order chi connectivity index (χ0) is 13.8. The van der Waals surface area contributed by atoms with Crippen LogP contribution in [0.1, 0.15) is 15.9 Å². The largest absolute Gasteiger partial charge is 0.489 e. The lowest BCUT2D eigenvalue weighted by Crippen LogP contribution is -1.96. The van der Waals surface area contributed by atoms with Gasteiger partial charge in [-0.25, -0.2) is 0 Å². The summed E-state index contributed by atoms with van der Waals surface area (Å²) in [4.78, 5) is 10.9. The van der Waals surface area contributed by atoms with Crippen molar-refractivity contribution in [2.75, 3.05) is 0 Å². The Kier molecular flexibility index (Phi) is 4.70. The molecule has 0 aliphatic carbocycles. The minimum atomic E-state index is -0.490. The maximum Gasteiger partial charge on any atom is 0.252 e. The van der Waals surface area contributed by atoms with Gasteiger partial charge in [-0.3, -0.25) is 4.79 Å². The topological polar surface area (TPSA) is 26.3 Å². The summed E-state index contributed by atoms with van der Waals surface area (Å²) in [6.45, 7) is 0.366. The molecule has 0 atom stereocenters. The molecule has 0 radical (unpaired) electrons. The first-order valence-electron chi connectivity index (χ1n) is 5.43. The maximum absolute atomic E-state index is 10.9. The lowest BCUT2D eigenvalue weighted by molar-refractivity contribution is 0.108. The van der Waals surface area contributed by atoms with Gasteiger partial charge in [0.1, 0.15) is 12.4 Å². The number of hydrogen-bond acceptors (Lipinski definition) is 2. The first-order valence-corrected chi connectivity index (χ1v) is 6.56. The second-order valence-corrected chi connectivity index (χ2v) is 4.99. The van der Waals surface area contributed by atoms with Crippen molar-refractivity contribution >= 4 is 40.0 Å². The smallest absolute Gasteiger partial charge is 0.252 e. The minimum absolute atomic E-state index is 0.366. The number of rotatable bonds is 4. The third kappa shape index (κ3) is 3.87. The number of benzene rings is 2. The van der Waals surface area contributed by atoms with E-state index in [1.54, 1.807) is 36.4 Å². The van der Waals surface area contributed by atoms with Crippen molar-refractivity contribution in [1.82, 2.24) is 0 Å². The van der Waals surface area contributed by atoms with Crippen molar-refractivity contribution in [2.24, 2.45) is 0 Å². The standard InChI is InChI=1S/C14H9Cl3O2/c15-12-6-1-9(7-13(12)16)8-19-11-4-2-10(3-5-11)14(17)18/h1-7H,8H2. The van der Waals surface area contributed by atoms with Gasteiger partial charge in [-0.2, -0.15) is 0 Å². The fraction of sp³-hybridized carbons (Fsp3) is 0.0714. The molecule has 0 saturated carbocycles. The first kappa shape index (κ1) is 14.2. The zero-order valence-electron chi connectivity index (χ0n) is 9.70. The van der Waals surface area contributed by atoms with E-state index in [9.17, 15) is 4.79 Å². The third-order valence-electron chi connectivity index (χ3n) is 2.47. The van der Waals surface area contributed by atoms with Crippen molar-refractivity contribution in [2.45, 2.75) is 6.61 Å². The number of hydrogen-bond donors (Lipinski definition) is 0. The molecule has 19 heavy (non-hydrogen) atoms. The van der Waals surface area contributed by atoms with E-state index < -0.39 is 5.24 Å². The molecule has 5 heteroatoms. The second kappa shape index (κ2) is 6.29. The average Bonchev–Trinajstić information content (AvgIpc) is 2.40. The van der Waals surface area contributed by atoms with Crippen LogP contribution >= 0.6 is 34.8 Å². The first-order chi connectivity index (χ1) is 9.06. The molecule has 0 spiro atoms. The monoisotopic (exact) mass is 314 g/mol. The highest BCUT2D eigenvalue weighted by Gasteiger charge is 2.03. The van der Waals surface area contributed by atoms with Crippen LogP contribution in [0.25, 0.3) is 0 Å². The summed E-state index contributed by atoms with van der Waals surface area (Å²) in [5.74, 6) is 0.646. The minimum Gasteiger partial charge on any atom is -0.489 e. The van der Waals surface area contributed by atoms with E-state index in [1.807, 2.05) is 6.07 Å². The van der Waals surface area contributed by atoms with Gasteiger partial charge in [0.25, 0.3) is 5.24 Å². The molecule has 0 fully saturated rings. The molecule has 0 aliphatic heterocycles. The van der Waals surface area contributed by atoms with E-state index in [0.717, 1.165) is 5.56 Å². The Morgan fingerprint density at radius 1 is 1.00 bits per heavy atom. The van der Waals surface area contributed by atoms with Crippen LogP contribution in [0.2, 0.25) is 10.0 Å². The lowest BCUT2D eigenvalue weighted by Gasteiger charge is -2.07. The van der Waals surface area contributed by atoms with E-state index >= 15 is 0 Å². The SMILES string of the molecule is O=C(Cl)c1ccc(OCc2ccc(Cl)c(Cl)c2)cc1. The highest BCUT2D eigenvalue weighted by molar-refractivity contribution is 6.67. The quantitative estimate of drug-likeness (QED) is 0.746. The molecule has 0 amide bonds.